The first-order valence-corrected chi connectivity index (χ1v) is 6.23. The number of rotatable bonds is 3. The van der Waals surface area contributed by atoms with Gasteiger partial charge in [-0.2, -0.15) is 0 Å². The van der Waals surface area contributed by atoms with Gasteiger partial charge in [-0.15, -0.1) is 0 Å². The molecular formula is C17H14N2. The Kier molecular flexibility index (Phi) is 2.99. The molecule has 0 radical (unpaired) electrons. The Bertz CT molecular complexity index is 682. The highest BCUT2D eigenvalue weighted by Gasteiger charge is 2.09. The maximum absolute atomic E-state index is 8.40. The van der Waals surface area contributed by atoms with Gasteiger partial charge in [0.05, 0.1) is 11.4 Å². The van der Waals surface area contributed by atoms with Gasteiger partial charge in [-0.05, 0) is 18.2 Å². The van der Waals surface area contributed by atoms with Crippen molar-refractivity contribution in [1.29, 1.82) is 5.41 Å². The molecule has 0 fully saturated rings. The van der Waals surface area contributed by atoms with Gasteiger partial charge < -0.3 is 4.57 Å². The van der Waals surface area contributed by atoms with E-state index in [-0.39, 0.29) is 0 Å². The Labute approximate surface area is 112 Å². The fraction of sp³-hybridized carbons (Fsp3) is 0. The van der Waals surface area contributed by atoms with Gasteiger partial charge in [0.25, 0.3) is 0 Å². The van der Waals surface area contributed by atoms with Crippen molar-refractivity contribution in [3.8, 4) is 5.69 Å². The normalized spacial score (nSPS) is 10.3. The van der Waals surface area contributed by atoms with Crippen molar-refractivity contribution in [2.24, 2.45) is 0 Å². The van der Waals surface area contributed by atoms with Crippen molar-refractivity contribution in [3.63, 3.8) is 0 Å². The number of para-hydroxylation sites is 1. The standard InChI is InChI=1S/C17H14N2/c18-17(14-8-2-1-3-9-14)15-10-4-5-11-16(15)19-12-6-7-13-19/h1-13,18H. The quantitative estimate of drug-likeness (QED) is 0.679. The zero-order chi connectivity index (χ0) is 13.1. The minimum absolute atomic E-state index is 0.546. The Morgan fingerprint density at radius 2 is 1.37 bits per heavy atom. The summed E-state index contributed by atoms with van der Waals surface area (Å²) in [6.07, 6.45) is 3.99. The number of nitrogens with one attached hydrogen (secondary N) is 1. The largest absolute Gasteiger partial charge is 0.323 e. The molecule has 2 aromatic carbocycles. The van der Waals surface area contributed by atoms with Crippen LogP contribution in [-0.2, 0) is 0 Å². The lowest BCUT2D eigenvalue weighted by atomic mass is 10.0. The van der Waals surface area contributed by atoms with Crippen molar-refractivity contribution in [3.05, 3.63) is 90.3 Å². The van der Waals surface area contributed by atoms with E-state index in [1.54, 1.807) is 0 Å². The van der Waals surface area contributed by atoms with Gasteiger partial charge in [0, 0.05) is 23.5 Å². The Morgan fingerprint density at radius 3 is 2.11 bits per heavy atom. The predicted octanol–water partition coefficient (Wildman–Crippen LogP) is 3.89. The van der Waals surface area contributed by atoms with E-state index in [1.165, 1.54) is 0 Å². The number of hydrogen-bond donors (Lipinski definition) is 1. The average molecular weight is 246 g/mol. The van der Waals surface area contributed by atoms with E-state index < -0.39 is 0 Å². The molecule has 0 aliphatic carbocycles. The summed E-state index contributed by atoms with van der Waals surface area (Å²) in [5.41, 5.74) is 3.44. The molecule has 0 aliphatic rings. The molecule has 3 rings (SSSR count). The summed E-state index contributed by atoms with van der Waals surface area (Å²) in [4.78, 5) is 0. The average Bonchev–Trinajstić information content (AvgIpc) is 3.01. The van der Waals surface area contributed by atoms with E-state index in [0.29, 0.717) is 5.71 Å². The van der Waals surface area contributed by atoms with E-state index in [1.807, 2.05) is 83.7 Å². The van der Waals surface area contributed by atoms with Gasteiger partial charge >= 0.3 is 0 Å². The van der Waals surface area contributed by atoms with Crippen molar-refractivity contribution >= 4 is 5.71 Å². The van der Waals surface area contributed by atoms with E-state index >= 15 is 0 Å². The molecule has 0 saturated heterocycles. The van der Waals surface area contributed by atoms with Gasteiger partial charge in [0.2, 0.25) is 0 Å². The molecule has 0 amide bonds. The smallest absolute Gasteiger partial charge is 0.0705 e. The molecular weight excluding hydrogens is 232 g/mol. The van der Waals surface area contributed by atoms with E-state index in [9.17, 15) is 0 Å². The zero-order valence-corrected chi connectivity index (χ0v) is 10.5. The van der Waals surface area contributed by atoms with Crippen LogP contribution in [0.1, 0.15) is 11.1 Å². The molecule has 0 spiro atoms. The second-order valence-corrected chi connectivity index (χ2v) is 4.35. The number of benzene rings is 2. The summed E-state index contributed by atoms with van der Waals surface area (Å²) in [5.74, 6) is 0. The van der Waals surface area contributed by atoms with Crippen molar-refractivity contribution in [1.82, 2.24) is 4.57 Å². The number of nitrogens with zero attached hydrogens (tertiary/aromatic N) is 1. The van der Waals surface area contributed by atoms with Crippen LogP contribution in [0.15, 0.2) is 79.1 Å². The van der Waals surface area contributed by atoms with E-state index in [2.05, 4.69) is 0 Å². The lowest BCUT2D eigenvalue weighted by Crippen LogP contribution is -2.06. The van der Waals surface area contributed by atoms with Gasteiger partial charge in [0.1, 0.15) is 0 Å². The Balaban J connectivity index is 2.09. The molecule has 1 aromatic heterocycles. The van der Waals surface area contributed by atoms with E-state index in [0.717, 1.165) is 16.8 Å². The van der Waals surface area contributed by atoms with Gasteiger partial charge in [0.15, 0.2) is 0 Å². The van der Waals surface area contributed by atoms with Crippen LogP contribution in [0.4, 0.5) is 0 Å². The maximum atomic E-state index is 8.40. The third kappa shape index (κ3) is 2.20. The maximum Gasteiger partial charge on any atom is 0.0705 e. The molecule has 0 unspecified atom stereocenters. The van der Waals surface area contributed by atoms with Crippen molar-refractivity contribution in [2.45, 2.75) is 0 Å². The molecule has 0 saturated carbocycles. The van der Waals surface area contributed by atoms with Crippen LogP contribution >= 0.6 is 0 Å². The third-order valence-corrected chi connectivity index (χ3v) is 3.12. The lowest BCUT2D eigenvalue weighted by Gasteiger charge is -2.11. The first kappa shape index (κ1) is 11.5. The second kappa shape index (κ2) is 4.94. The van der Waals surface area contributed by atoms with Gasteiger partial charge in [-0.3, -0.25) is 5.41 Å². The molecule has 0 atom stereocenters. The highest BCUT2D eigenvalue weighted by atomic mass is 14.9. The number of hydrogen-bond acceptors (Lipinski definition) is 1. The van der Waals surface area contributed by atoms with Crippen LogP contribution in [0.3, 0.4) is 0 Å². The summed E-state index contributed by atoms with van der Waals surface area (Å²) >= 11 is 0. The number of aromatic nitrogens is 1. The van der Waals surface area contributed by atoms with Crippen LogP contribution in [0, 0.1) is 5.41 Å². The van der Waals surface area contributed by atoms with Crippen molar-refractivity contribution in [2.75, 3.05) is 0 Å². The first-order chi connectivity index (χ1) is 9.36. The van der Waals surface area contributed by atoms with Crippen LogP contribution in [0.5, 0.6) is 0 Å². The second-order valence-electron chi connectivity index (χ2n) is 4.35. The summed E-state index contributed by atoms with van der Waals surface area (Å²) in [6, 6.07) is 21.8. The molecule has 92 valence electrons. The molecule has 19 heavy (non-hydrogen) atoms. The Hall–Kier alpha value is -2.61. The summed E-state index contributed by atoms with van der Waals surface area (Å²) in [5, 5.41) is 8.40. The molecule has 2 nitrogen and oxygen atoms in total. The van der Waals surface area contributed by atoms with Crippen LogP contribution < -0.4 is 0 Å². The van der Waals surface area contributed by atoms with Crippen LogP contribution in [0.2, 0.25) is 0 Å². The van der Waals surface area contributed by atoms with Crippen LogP contribution in [0.25, 0.3) is 5.69 Å². The molecule has 1 heterocycles. The minimum atomic E-state index is 0.546. The zero-order valence-electron chi connectivity index (χ0n) is 10.5. The van der Waals surface area contributed by atoms with Crippen molar-refractivity contribution < 1.29 is 0 Å². The van der Waals surface area contributed by atoms with Crippen LogP contribution in [-0.4, -0.2) is 10.3 Å². The highest BCUT2D eigenvalue weighted by molar-refractivity contribution is 6.12. The summed E-state index contributed by atoms with van der Waals surface area (Å²) in [6.45, 7) is 0. The molecule has 3 aromatic rings. The SMILES string of the molecule is N=C(c1ccccc1)c1ccccc1-n1cccc1. The van der Waals surface area contributed by atoms with Gasteiger partial charge in [-0.25, -0.2) is 0 Å². The van der Waals surface area contributed by atoms with Gasteiger partial charge in [-0.1, -0.05) is 48.5 Å². The fourth-order valence-electron chi connectivity index (χ4n) is 2.17. The minimum Gasteiger partial charge on any atom is -0.323 e. The molecule has 0 bridgehead atoms. The monoisotopic (exact) mass is 246 g/mol. The molecule has 0 aliphatic heterocycles. The predicted molar refractivity (Wildman–Crippen MR) is 78.1 cm³/mol. The Morgan fingerprint density at radius 1 is 0.737 bits per heavy atom. The summed E-state index contributed by atoms with van der Waals surface area (Å²) in [7, 11) is 0. The fourth-order valence-corrected chi connectivity index (χ4v) is 2.17. The summed E-state index contributed by atoms with van der Waals surface area (Å²) < 4.78 is 2.03. The molecule has 2 heteroatoms. The molecule has 1 N–H and O–H groups in total. The topological polar surface area (TPSA) is 28.8 Å². The first-order valence-electron chi connectivity index (χ1n) is 6.23. The third-order valence-electron chi connectivity index (χ3n) is 3.12. The van der Waals surface area contributed by atoms with E-state index in [4.69, 9.17) is 5.41 Å². The lowest BCUT2D eigenvalue weighted by molar-refractivity contribution is 1.07. The highest BCUT2D eigenvalue weighted by Crippen LogP contribution is 2.18.